The van der Waals surface area contributed by atoms with Crippen molar-refractivity contribution in [3.63, 3.8) is 0 Å². The number of hydrogen-bond acceptors (Lipinski definition) is 4. The Hall–Kier alpha value is -1.31. The van der Waals surface area contributed by atoms with Crippen LogP contribution in [0.5, 0.6) is 0 Å². The van der Waals surface area contributed by atoms with E-state index >= 15 is 0 Å². The second-order valence-corrected chi connectivity index (χ2v) is 7.35. The maximum atomic E-state index is 13.1. The van der Waals surface area contributed by atoms with Gasteiger partial charge in [-0.25, -0.2) is 4.99 Å². The highest BCUT2D eigenvalue weighted by molar-refractivity contribution is 5.82. The van der Waals surface area contributed by atoms with Gasteiger partial charge in [0.05, 0.1) is 7.11 Å². The molecule has 2 unspecified atom stereocenters. The fourth-order valence-corrected chi connectivity index (χ4v) is 4.42. The van der Waals surface area contributed by atoms with Crippen molar-refractivity contribution in [2.24, 2.45) is 10.9 Å². The summed E-state index contributed by atoms with van der Waals surface area (Å²) in [5.41, 5.74) is -0.819. The molecule has 2 saturated heterocycles. The minimum atomic E-state index is -4.57. The Balaban J connectivity index is 1.72. The van der Waals surface area contributed by atoms with Crippen LogP contribution in [-0.2, 0) is 9.53 Å². The average Bonchev–Trinajstić information content (AvgIpc) is 2.99. The van der Waals surface area contributed by atoms with Crippen LogP contribution in [0.25, 0.3) is 0 Å². The minimum absolute atomic E-state index is 0.0602. The van der Waals surface area contributed by atoms with Gasteiger partial charge in [0.15, 0.2) is 0 Å². The number of methoxy groups -OCH3 is 1. The first-order valence-corrected chi connectivity index (χ1v) is 9.03. The Morgan fingerprint density at radius 2 is 1.92 bits per heavy atom. The molecule has 0 N–H and O–H groups in total. The molecule has 3 fully saturated rings. The van der Waals surface area contributed by atoms with Crippen molar-refractivity contribution in [2.75, 3.05) is 26.7 Å². The van der Waals surface area contributed by atoms with Crippen molar-refractivity contribution >= 4 is 11.8 Å². The zero-order chi connectivity index (χ0) is 18.2. The number of piperidine rings is 1. The first-order valence-electron chi connectivity index (χ1n) is 9.03. The molecule has 0 bridgehead atoms. The molecule has 1 saturated carbocycles. The van der Waals surface area contributed by atoms with E-state index in [9.17, 15) is 18.0 Å². The fraction of sp³-hybridized carbons (Fsp3) is 0.882. The molecule has 3 rings (SSSR count). The summed E-state index contributed by atoms with van der Waals surface area (Å²) >= 11 is 0. The Labute approximate surface area is 146 Å². The van der Waals surface area contributed by atoms with E-state index in [-0.39, 0.29) is 17.9 Å². The van der Waals surface area contributed by atoms with Crippen molar-refractivity contribution in [3.05, 3.63) is 0 Å². The van der Waals surface area contributed by atoms with Gasteiger partial charge in [0, 0.05) is 32.1 Å². The molecular formula is C17H26F3N3O2. The molecule has 0 aromatic rings. The number of halogens is 3. The first kappa shape index (κ1) is 18.5. The van der Waals surface area contributed by atoms with Gasteiger partial charge >= 0.3 is 6.18 Å². The van der Waals surface area contributed by atoms with Gasteiger partial charge in [-0.05, 0) is 38.0 Å². The highest BCUT2D eigenvalue weighted by Gasteiger charge is 2.52. The predicted octanol–water partition coefficient (Wildman–Crippen LogP) is 2.81. The Bertz CT molecular complexity index is 544. The van der Waals surface area contributed by atoms with E-state index in [1.807, 2.05) is 11.8 Å². The van der Waals surface area contributed by atoms with Gasteiger partial charge in [0.2, 0.25) is 5.91 Å². The number of carbonyl (C=O) groups excluding carboxylic acids is 1. The van der Waals surface area contributed by atoms with Crippen LogP contribution in [0.1, 0.15) is 45.4 Å². The summed E-state index contributed by atoms with van der Waals surface area (Å²) in [4.78, 5) is 20.0. The normalized spacial score (nSPS) is 32.8. The smallest absolute Gasteiger partial charge is 0.468 e. The summed E-state index contributed by atoms with van der Waals surface area (Å²) in [5, 5.41) is 0. The summed E-state index contributed by atoms with van der Waals surface area (Å²) in [7, 11) is 1.02. The number of carbonyl (C=O) groups is 1. The number of rotatable bonds is 3. The molecule has 25 heavy (non-hydrogen) atoms. The number of nitrogens with zero attached hydrogens (tertiary/aromatic N) is 3. The van der Waals surface area contributed by atoms with Crippen molar-refractivity contribution in [1.82, 2.24) is 9.80 Å². The summed E-state index contributed by atoms with van der Waals surface area (Å²) in [6, 6.07) is 0.215. The van der Waals surface area contributed by atoms with Gasteiger partial charge in [0.25, 0.3) is 5.90 Å². The standard InChI is InChI=1S/C17H26F3N3O2/c1-12-5-8-16(12,21-15(25-2)17(18,19)20)22-10-6-13(7-11-22)23-9-3-4-14(23)24/h12-13H,3-11H2,1-2H3/b21-15-. The van der Waals surface area contributed by atoms with E-state index in [1.165, 1.54) is 0 Å². The van der Waals surface area contributed by atoms with Crippen LogP contribution in [0.15, 0.2) is 4.99 Å². The van der Waals surface area contributed by atoms with E-state index in [0.717, 1.165) is 39.3 Å². The average molecular weight is 361 g/mol. The topological polar surface area (TPSA) is 45.1 Å². The molecule has 0 radical (unpaired) electrons. The Morgan fingerprint density at radius 3 is 2.32 bits per heavy atom. The van der Waals surface area contributed by atoms with Crippen LogP contribution >= 0.6 is 0 Å². The van der Waals surface area contributed by atoms with Gasteiger partial charge in [-0.1, -0.05) is 6.92 Å². The molecule has 2 atom stereocenters. The predicted molar refractivity (Wildman–Crippen MR) is 87.2 cm³/mol. The van der Waals surface area contributed by atoms with E-state index in [4.69, 9.17) is 0 Å². The quantitative estimate of drug-likeness (QED) is 0.574. The molecule has 8 heteroatoms. The maximum absolute atomic E-state index is 13.1. The molecule has 0 aromatic heterocycles. The first-order chi connectivity index (χ1) is 11.8. The molecule has 1 aliphatic carbocycles. The van der Waals surface area contributed by atoms with E-state index in [2.05, 4.69) is 14.6 Å². The lowest BCUT2D eigenvalue weighted by Crippen LogP contribution is -2.62. The highest BCUT2D eigenvalue weighted by atomic mass is 19.4. The summed E-state index contributed by atoms with van der Waals surface area (Å²) in [5.74, 6) is -0.872. The largest absolute Gasteiger partial charge is 0.478 e. The van der Waals surface area contributed by atoms with Crippen molar-refractivity contribution in [3.8, 4) is 0 Å². The second-order valence-electron chi connectivity index (χ2n) is 7.35. The SMILES string of the molecule is CO/C(=N\C1(N2CCC(N3CCCC3=O)CC2)CCC1C)C(F)(F)F. The molecule has 1 amide bonds. The van der Waals surface area contributed by atoms with Crippen LogP contribution < -0.4 is 0 Å². The Morgan fingerprint density at radius 1 is 1.24 bits per heavy atom. The molecule has 3 aliphatic rings. The fourth-order valence-electron chi connectivity index (χ4n) is 4.42. The molecule has 2 aliphatic heterocycles. The number of ether oxygens (including phenoxy) is 1. The number of aliphatic imine (C=N–C) groups is 1. The van der Waals surface area contributed by atoms with Gasteiger partial charge in [-0.2, -0.15) is 13.2 Å². The van der Waals surface area contributed by atoms with Crippen LogP contribution in [0, 0.1) is 5.92 Å². The summed E-state index contributed by atoms with van der Waals surface area (Å²) < 4.78 is 43.8. The van der Waals surface area contributed by atoms with Gasteiger partial charge in [-0.15, -0.1) is 0 Å². The lowest BCUT2D eigenvalue weighted by molar-refractivity contribution is -0.131. The van der Waals surface area contributed by atoms with Gasteiger partial charge in [-0.3, -0.25) is 9.69 Å². The van der Waals surface area contributed by atoms with Crippen LogP contribution in [0.3, 0.4) is 0 Å². The lowest BCUT2D eigenvalue weighted by Gasteiger charge is -2.54. The second kappa shape index (κ2) is 6.78. The third-order valence-corrected chi connectivity index (χ3v) is 6.03. The molecule has 142 valence electrons. The lowest BCUT2D eigenvalue weighted by atomic mass is 9.72. The number of alkyl halides is 3. The minimum Gasteiger partial charge on any atom is -0.478 e. The van der Waals surface area contributed by atoms with E-state index in [1.54, 1.807) is 0 Å². The number of amides is 1. The number of hydrogen-bond donors (Lipinski definition) is 0. The van der Waals surface area contributed by atoms with E-state index in [0.29, 0.717) is 25.9 Å². The molecule has 0 spiro atoms. The number of likely N-dealkylation sites (tertiary alicyclic amines) is 2. The van der Waals surface area contributed by atoms with Crippen molar-refractivity contribution in [1.29, 1.82) is 0 Å². The Kier molecular flexibility index (Phi) is 5.01. The van der Waals surface area contributed by atoms with Crippen molar-refractivity contribution < 1.29 is 22.7 Å². The third kappa shape index (κ3) is 3.37. The van der Waals surface area contributed by atoms with Crippen molar-refractivity contribution in [2.45, 2.75) is 63.3 Å². The van der Waals surface area contributed by atoms with Gasteiger partial charge in [0.1, 0.15) is 5.66 Å². The molecule has 2 heterocycles. The van der Waals surface area contributed by atoms with Crippen LogP contribution in [-0.4, -0.2) is 66.2 Å². The van der Waals surface area contributed by atoms with E-state index < -0.39 is 17.7 Å². The highest BCUT2D eigenvalue weighted by Crippen LogP contribution is 2.46. The molecular weight excluding hydrogens is 335 g/mol. The van der Waals surface area contributed by atoms with Gasteiger partial charge < -0.3 is 9.64 Å². The maximum Gasteiger partial charge on any atom is 0.468 e. The van der Waals surface area contributed by atoms with Crippen LogP contribution in [0.2, 0.25) is 0 Å². The monoisotopic (exact) mass is 361 g/mol. The molecule has 5 nitrogen and oxygen atoms in total. The molecule has 0 aromatic carbocycles. The zero-order valence-corrected chi connectivity index (χ0v) is 14.8. The third-order valence-electron chi connectivity index (χ3n) is 6.03. The van der Waals surface area contributed by atoms with Crippen LogP contribution in [0.4, 0.5) is 13.2 Å². The summed E-state index contributed by atoms with van der Waals surface area (Å²) in [6.45, 7) is 4.09. The summed E-state index contributed by atoms with van der Waals surface area (Å²) in [6.07, 6.45) is 0.0279. The zero-order valence-electron chi connectivity index (χ0n) is 14.8.